The number of aromatic nitrogens is 1. The number of pyridine rings is 1. The monoisotopic (exact) mass is 362 g/mol. The van der Waals surface area contributed by atoms with Crippen molar-refractivity contribution in [1.82, 2.24) is 10.3 Å². The number of unbranched alkanes of at least 4 members (excludes halogenated alkanes) is 1. The van der Waals surface area contributed by atoms with Crippen molar-refractivity contribution in [3.05, 3.63) is 28.2 Å². The van der Waals surface area contributed by atoms with Gasteiger partial charge in [0.15, 0.2) is 5.75 Å². The molecule has 0 radical (unpaired) electrons. The van der Waals surface area contributed by atoms with E-state index in [1.165, 1.54) is 25.3 Å². The Morgan fingerprint density at radius 1 is 1.31 bits per heavy atom. The van der Waals surface area contributed by atoms with Crippen LogP contribution in [0.4, 0.5) is 0 Å². The van der Waals surface area contributed by atoms with Gasteiger partial charge in [0.05, 0.1) is 13.2 Å². The Hall–Kier alpha value is -1.78. The molecule has 1 fully saturated rings. The van der Waals surface area contributed by atoms with Crippen molar-refractivity contribution in [2.24, 2.45) is 17.8 Å². The van der Waals surface area contributed by atoms with E-state index >= 15 is 0 Å². The summed E-state index contributed by atoms with van der Waals surface area (Å²) < 4.78 is 5.48. The van der Waals surface area contributed by atoms with E-state index in [0.717, 1.165) is 31.6 Å². The van der Waals surface area contributed by atoms with E-state index in [0.29, 0.717) is 30.5 Å². The number of hydrogen-bond donors (Lipinski definition) is 2. The Morgan fingerprint density at radius 3 is 2.65 bits per heavy atom. The van der Waals surface area contributed by atoms with Gasteiger partial charge in [-0.15, -0.1) is 0 Å². The Morgan fingerprint density at radius 2 is 2.04 bits per heavy atom. The third-order valence-electron chi connectivity index (χ3n) is 5.15. The second-order valence-electron chi connectivity index (χ2n) is 7.97. The van der Waals surface area contributed by atoms with E-state index in [4.69, 9.17) is 4.74 Å². The number of ether oxygens (including phenoxy) is 1. The van der Waals surface area contributed by atoms with Gasteiger partial charge >= 0.3 is 0 Å². The molecule has 0 atom stereocenters. The van der Waals surface area contributed by atoms with Crippen molar-refractivity contribution in [2.45, 2.75) is 72.3 Å². The van der Waals surface area contributed by atoms with Crippen molar-refractivity contribution < 1.29 is 9.53 Å². The van der Waals surface area contributed by atoms with Crippen LogP contribution in [0.25, 0.3) is 0 Å². The number of H-pyrrole nitrogens is 1. The molecule has 1 aliphatic rings. The van der Waals surface area contributed by atoms with E-state index in [2.05, 4.69) is 17.2 Å². The first kappa shape index (κ1) is 20.5. The Labute approximate surface area is 156 Å². The van der Waals surface area contributed by atoms with Crippen molar-refractivity contribution in [2.75, 3.05) is 6.61 Å². The fraction of sp³-hybridized carbons (Fsp3) is 0.714. The van der Waals surface area contributed by atoms with Gasteiger partial charge in [-0.1, -0.05) is 40.0 Å². The maximum absolute atomic E-state index is 12.4. The number of nitrogens with one attached hydrogen (secondary N) is 2. The zero-order chi connectivity index (χ0) is 18.9. The molecule has 1 aliphatic carbocycles. The van der Waals surface area contributed by atoms with Gasteiger partial charge < -0.3 is 15.0 Å². The molecule has 1 amide bonds. The number of hydrogen-bond acceptors (Lipinski definition) is 3. The van der Waals surface area contributed by atoms with Gasteiger partial charge in [0.2, 0.25) is 11.3 Å². The molecule has 0 saturated heterocycles. The summed E-state index contributed by atoms with van der Waals surface area (Å²) in [5.41, 5.74) is 0.557. The lowest BCUT2D eigenvalue weighted by Crippen LogP contribution is -2.33. The lowest BCUT2D eigenvalue weighted by molar-refractivity contribution is -0.126. The summed E-state index contributed by atoms with van der Waals surface area (Å²) in [5.74, 6) is 1.73. The SMILES string of the molecule is CCCCC1CCC(C(=O)NCc2cc(=O)c(OCC(C)C)c[nH]2)CC1. The van der Waals surface area contributed by atoms with Gasteiger partial charge in [-0.25, -0.2) is 0 Å². The smallest absolute Gasteiger partial charge is 0.223 e. The molecule has 0 bridgehead atoms. The molecule has 0 spiro atoms. The minimum Gasteiger partial charge on any atom is -0.488 e. The van der Waals surface area contributed by atoms with Crippen LogP contribution in [0, 0.1) is 17.8 Å². The van der Waals surface area contributed by atoms with E-state index in [1.807, 2.05) is 13.8 Å². The Bertz CT molecular complexity index is 616. The molecular formula is C21H34N2O3. The van der Waals surface area contributed by atoms with E-state index in [-0.39, 0.29) is 17.3 Å². The van der Waals surface area contributed by atoms with E-state index in [9.17, 15) is 9.59 Å². The van der Waals surface area contributed by atoms with Crippen LogP contribution in [0.5, 0.6) is 5.75 Å². The van der Waals surface area contributed by atoms with Crippen molar-refractivity contribution in [1.29, 1.82) is 0 Å². The molecule has 1 aromatic heterocycles. The summed E-state index contributed by atoms with van der Waals surface area (Å²) in [5, 5.41) is 2.97. The van der Waals surface area contributed by atoms with Crippen LogP contribution >= 0.6 is 0 Å². The second kappa shape index (κ2) is 10.4. The normalized spacial score (nSPS) is 20.2. The molecule has 1 aromatic rings. The minimum absolute atomic E-state index is 0.111. The largest absolute Gasteiger partial charge is 0.488 e. The van der Waals surface area contributed by atoms with Crippen molar-refractivity contribution in [3.63, 3.8) is 0 Å². The van der Waals surface area contributed by atoms with Crippen molar-refractivity contribution >= 4 is 5.91 Å². The molecule has 1 saturated carbocycles. The lowest BCUT2D eigenvalue weighted by Gasteiger charge is -2.27. The summed E-state index contributed by atoms with van der Waals surface area (Å²) in [6, 6.07) is 1.51. The molecule has 5 heteroatoms. The fourth-order valence-electron chi connectivity index (χ4n) is 3.50. The molecule has 146 valence electrons. The molecule has 0 unspecified atom stereocenters. The maximum Gasteiger partial charge on any atom is 0.223 e. The Balaban J connectivity index is 1.77. The van der Waals surface area contributed by atoms with Gasteiger partial charge in [-0.2, -0.15) is 0 Å². The average molecular weight is 363 g/mol. The van der Waals surface area contributed by atoms with Crippen molar-refractivity contribution in [3.8, 4) is 5.75 Å². The highest BCUT2D eigenvalue weighted by Crippen LogP contribution is 2.31. The number of rotatable bonds is 9. The molecule has 0 aromatic carbocycles. The summed E-state index contributed by atoms with van der Waals surface area (Å²) in [6.07, 6.45) is 9.74. The zero-order valence-corrected chi connectivity index (χ0v) is 16.5. The molecular weight excluding hydrogens is 328 g/mol. The number of carbonyl (C=O) groups is 1. The van der Waals surface area contributed by atoms with Gasteiger partial charge in [-0.3, -0.25) is 9.59 Å². The van der Waals surface area contributed by atoms with Crippen LogP contribution in [-0.2, 0) is 11.3 Å². The minimum atomic E-state index is -0.148. The summed E-state index contributed by atoms with van der Waals surface area (Å²) in [4.78, 5) is 27.5. The van der Waals surface area contributed by atoms with Crippen LogP contribution in [0.15, 0.2) is 17.1 Å². The maximum atomic E-state index is 12.4. The van der Waals surface area contributed by atoms with Gasteiger partial charge in [0.1, 0.15) is 0 Å². The van der Waals surface area contributed by atoms with Crippen LogP contribution in [0.1, 0.15) is 71.4 Å². The molecule has 1 heterocycles. The number of carbonyl (C=O) groups excluding carboxylic acids is 1. The predicted octanol–water partition coefficient (Wildman–Crippen LogP) is 4.02. The molecule has 2 rings (SSSR count). The summed E-state index contributed by atoms with van der Waals surface area (Å²) in [7, 11) is 0. The highest BCUT2D eigenvalue weighted by atomic mass is 16.5. The average Bonchev–Trinajstić information content (AvgIpc) is 2.64. The molecule has 26 heavy (non-hydrogen) atoms. The van der Waals surface area contributed by atoms with Gasteiger partial charge in [0, 0.05) is 23.9 Å². The Kier molecular flexibility index (Phi) is 8.20. The molecule has 0 aliphatic heterocycles. The molecule has 5 nitrogen and oxygen atoms in total. The third kappa shape index (κ3) is 6.50. The fourth-order valence-corrected chi connectivity index (χ4v) is 3.50. The lowest BCUT2D eigenvalue weighted by atomic mass is 9.79. The first-order valence-corrected chi connectivity index (χ1v) is 10.1. The first-order chi connectivity index (χ1) is 12.5. The topological polar surface area (TPSA) is 71.2 Å². The standard InChI is InChI=1S/C21H34N2O3/c1-4-5-6-16-7-9-17(10-8-16)21(25)23-12-18-11-19(24)20(13-22-18)26-14-15(2)3/h11,13,15-17H,4-10,12,14H2,1-3H3,(H,22,24)(H,23,25). The van der Waals surface area contributed by atoms with E-state index < -0.39 is 0 Å². The zero-order valence-electron chi connectivity index (χ0n) is 16.5. The summed E-state index contributed by atoms with van der Waals surface area (Å²) in [6.45, 7) is 7.17. The number of aromatic amines is 1. The van der Waals surface area contributed by atoms with E-state index in [1.54, 1.807) is 6.20 Å². The highest BCUT2D eigenvalue weighted by molar-refractivity contribution is 5.78. The van der Waals surface area contributed by atoms with Crippen LogP contribution in [0.2, 0.25) is 0 Å². The van der Waals surface area contributed by atoms with Gasteiger partial charge in [0.25, 0.3) is 0 Å². The third-order valence-corrected chi connectivity index (χ3v) is 5.15. The van der Waals surface area contributed by atoms with Crippen LogP contribution in [-0.4, -0.2) is 17.5 Å². The van der Waals surface area contributed by atoms with Crippen LogP contribution in [0.3, 0.4) is 0 Å². The predicted molar refractivity (Wildman–Crippen MR) is 104 cm³/mol. The quantitative estimate of drug-likeness (QED) is 0.697. The number of amides is 1. The van der Waals surface area contributed by atoms with Gasteiger partial charge in [-0.05, 0) is 37.5 Å². The second-order valence-corrected chi connectivity index (χ2v) is 7.97. The van der Waals surface area contributed by atoms with Crippen LogP contribution < -0.4 is 15.5 Å². The molecule has 2 N–H and O–H groups in total. The first-order valence-electron chi connectivity index (χ1n) is 10.1. The highest BCUT2D eigenvalue weighted by Gasteiger charge is 2.25. The summed E-state index contributed by atoms with van der Waals surface area (Å²) >= 11 is 0.